The lowest BCUT2D eigenvalue weighted by atomic mass is 10.00. The molecule has 0 saturated carbocycles. The number of likely N-dealkylation sites (N-methyl/N-ethyl adjacent to an activating group) is 1. The first-order chi connectivity index (χ1) is 8.51. The molecule has 0 aliphatic carbocycles. The first kappa shape index (κ1) is 14.6. The van der Waals surface area contributed by atoms with Crippen LogP contribution in [0.3, 0.4) is 0 Å². The van der Waals surface area contributed by atoms with Crippen LogP contribution in [0.1, 0.15) is 32.6 Å². The smallest absolute Gasteiger partial charge is 0.251 e. The lowest BCUT2D eigenvalue weighted by molar-refractivity contribution is -0.149. The second-order valence-electron chi connectivity index (χ2n) is 4.61. The summed E-state index contributed by atoms with van der Waals surface area (Å²) < 4.78 is 0. The van der Waals surface area contributed by atoms with Crippen LogP contribution in [0.2, 0.25) is 0 Å². The topological polar surface area (TPSA) is 92.5 Å². The van der Waals surface area contributed by atoms with Gasteiger partial charge in [-0.15, -0.1) is 0 Å². The predicted molar refractivity (Wildman–Crippen MR) is 66.4 cm³/mol. The molecule has 1 rings (SSSR count). The average molecular weight is 255 g/mol. The summed E-state index contributed by atoms with van der Waals surface area (Å²) >= 11 is 0. The Kier molecular flexibility index (Phi) is 5.27. The fourth-order valence-corrected chi connectivity index (χ4v) is 2.04. The number of piperidine rings is 1. The van der Waals surface area contributed by atoms with Gasteiger partial charge in [-0.25, -0.2) is 0 Å². The minimum absolute atomic E-state index is 0.194. The van der Waals surface area contributed by atoms with Gasteiger partial charge in [-0.3, -0.25) is 19.3 Å². The van der Waals surface area contributed by atoms with E-state index in [0.29, 0.717) is 12.8 Å². The van der Waals surface area contributed by atoms with E-state index in [1.807, 2.05) is 6.92 Å². The van der Waals surface area contributed by atoms with Gasteiger partial charge >= 0.3 is 0 Å². The van der Waals surface area contributed by atoms with E-state index in [1.165, 1.54) is 7.05 Å². The van der Waals surface area contributed by atoms with Crippen molar-refractivity contribution in [2.24, 2.45) is 11.7 Å². The molecule has 1 heterocycles. The first-order valence-corrected chi connectivity index (χ1v) is 6.32. The van der Waals surface area contributed by atoms with Crippen molar-refractivity contribution in [1.82, 2.24) is 10.2 Å². The van der Waals surface area contributed by atoms with E-state index in [-0.39, 0.29) is 36.6 Å². The second kappa shape index (κ2) is 6.49. The fraction of sp³-hybridized carbons (Fsp3) is 0.750. The summed E-state index contributed by atoms with van der Waals surface area (Å²) in [6, 6.07) is -0.592. The molecule has 1 aliphatic heterocycles. The van der Waals surface area contributed by atoms with E-state index >= 15 is 0 Å². The normalized spacial score (nSPS) is 21.9. The van der Waals surface area contributed by atoms with Crippen LogP contribution in [0.15, 0.2) is 0 Å². The fourth-order valence-electron chi connectivity index (χ4n) is 2.04. The minimum atomic E-state index is -0.592. The highest BCUT2D eigenvalue weighted by Gasteiger charge is 2.33. The van der Waals surface area contributed by atoms with Crippen molar-refractivity contribution < 1.29 is 14.4 Å². The molecule has 3 N–H and O–H groups in total. The summed E-state index contributed by atoms with van der Waals surface area (Å²) in [5, 5.41) is 2.69. The molecule has 0 radical (unpaired) electrons. The Labute approximate surface area is 107 Å². The van der Waals surface area contributed by atoms with Gasteiger partial charge in [0, 0.05) is 20.0 Å². The van der Waals surface area contributed by atoms with Crippen LogP contribution in [-0.4, -0.2) is 42.3 Å². The third-order valence-corrected chi connectivity index (χ3v) is 3.26. The molecule has 18 heavy (non-hydrogen) atoms. The maximum atomic E-state index is 11.9. The second-order valence-corrected chi connectivity index (χ2v) is 4.61. The van der Waals surface area contributed by atoms with Crippen molar-refractivity contribution in [2.45, 2.75) is 38.6 Å². The van der Waals surface area contributed by atoms with Crippen molar-refractivity contribution in [3.8, 4) is 0 Å². The van der Waals surface area contributed by atoms with Crippen molar-refractivity contribution in [1.29, 1.82) is 0 Å². The number of rotatable bonds is 5. The van der Waals surface area contributed by atoms with Crippen molar-refractivity contribution in [3.63, 3.8) is 0 Å². The Bertz CT molecular complexity index is 343. The summed E-state index contributed by atoms with van der Waals surface area (Å²) in [5.74, 6) is -0.993. The largest absolute Gasteiger partial charge is 0.344 e. The maximum absolute atomic E-state index is 11.9. The molecule has 3 amide bonds. The first-order valence-electron chi connectivity index (χ1n) is 6.32. The number of imide groups is 1. The Balaban J connectivity index is 2.59. The molecule has 6 nitrogen and oxygen atoms in total. The van der Waals surface area contributed by atoms with Gasteiger partial charge in [0.2, 0.25) is 11.8 Å². The van der Waals surface area contributed by atoms with E-state index in [1.54, 1.807) is 0 Å². The van der Waals surface area contributed by atoms with Crippen LogP contribution >= 0.6 is 0 Å². The summed E-state index contributed by atoms with van der Waals surface area (Å²) in [6.45, 7) is 2.25. The zero-order valence-electron chi connectivity index (χ0n) is 10.9. The summed E-state index contributed by atoms with van der Waals surface area (Å²) in [6.07, 6.45) is 2.23. The molecule has 1 aliphatic rings. The Morgan fingerprint density at radius 3 is 2.78 bits per heavy atom. The number of nitrogens with one attached hydrogen (secondary N) is 1. The van der Waals surface area contributed by atoms with Crippen molar-refractivity contribution >= 4 is 17.7 Å². The highest BCUT2D eigenvalue weighted by Crippen LogP contribution is 2.13. The number of carbonyl (C=O) groups is 3. The summed E-state index contributed by atoms with van der Waals surface area (Å²) in [7, 11) is 1.44. The Hall–Kier alpha value is -1.43. The maximum Gasteiger partial charge on any atom is 0.251 e. The molecule has 2 atom stereocenters. The number of hydrogen-bond acceptors (Lipinski definition) is 4. The monoisotopic (exact) mass is 255 g/mol. The quantitative estimate of drug-likeness (QED) is 0.655. The van der Waals surface area contributed by atoms with Gasteiger partial charge in [0.05, 0.1) is 5.92 Å². The number of likely N-dealkylation sites (tertiary alicyclic amines) is 1. The highest BCUT2D eigenvalue weighted by atomic mass is 16.2. The van der Waals surface area contributed by atoms with Gasteiger partial charge < -0.3 is 11.1 Å². The van der Waals surface area contributed by atoms with Crippen molar-refractivity contribution in [2.75, 3.05) is 13.6 Å². The SMILES string of the molecule is CCCC(CN)C(=O)NC1CCC(=O)N(C)C1=O. The third-order valence-electron chi connectivity index (χ3n) is 3.26. The molecule has 0 aromatic rings. The van der Waals surface area contributed by atoms with Gasteiger partial charge in [0.15, 0.2) is 0 Å². The molecule has 102 valence electrons. The van der Waals surface area contributed by atoms with E-state index in [2.05, 4.69) is 5.32 Å². The number of amides is 3. The molecule has 0 bridgehead atoms. The molecule has 1 fully saturated rings. The lowest BCUT2D eigenvalue weighted by Gasteiger charge is -2.29. The molecule has 0 aromatic heterocycles. The number of nitrogens with zero attached hydrogens (tertiary/aromatic N) is 1. The third kappa shape index (κ3) is 3.29. The Morgan fingerprint density at radius 2 is 2.22 bits per heavy atom. The molecule has 6 heteroatoms. The van der Waals surface area contributed by atoms with E-state index in [0.717, 1.165) is 11.3 Å². The van der Waals surface area contributed by atoms with Crippen molar-refractivity contribution in [3.05, 3.63) is 0 Å². The lowest BCUT2D eigenvalue weighted by Crippen LogP contribution is -2.54. The van der Waals surface area contributed by atoms with Gasteiger partial charge in [-0.1, -0.05) is 13.3 Å². The minimum Gasteiger partial charge on any atom is -0.344 e. The van der Waals surface area contributed by atoms with Crippen LogP contribution in [0.5, 0.6) is 0 Å². The number of carbonyl (C=O) groups excluding carboxylic acids is 3. The van der Waals surface area contributed by atoms with Crippen LogP contribution in [0, 0.1) is 5.92 Å². The number of nitrogens with two attached hydrogens (primary N) is 1. The van der Waals surface area contributed by atoms with E-state index < -0.39 is 6.04 Å². The van der Waals surface area contributed by atoms with Gasteiger partial charge in [-0.2, -0.15) is 0 Å². The van der Waals surface area contributed by atoms with E-state index in [4.69, 9.17) is 5.73 Å². The number of hydrogen-bond donors (Lipinski definition) is 2. The Morgan fingerprint density at radius 1 is 1.56 bits per heavy atom. The molecule has 0 spiro atoms. The molecule has 1 saturated heterocycles. The van der Waals surface area contributed by atoms with Crippen LogP contribution in [-0.2, 0) is 14.4 Å². The van der Waals surface area contributed by atoms with Crippen LogP contribution in [0.25, 0.3) is 0 Å². The molecular formula is C12H21N3O3. The van der Waals surface area contributed by atoms with Gasteiger partial charge in [-0.05, 0) is 12.8 Å². The average Bonchev–Trinajstić information content (AvgIpc) is 2.36. The summed E-state index contributed by atoms with van der Waals surface area (Å²) in [5.41, 5.74) is 5.54. The summed E-state index contributed by atoms with van der Waals surface area (Å²) in [4.78, 5) is 36.1. The van der Waals surface area contributed by atoms with Crippen LogP contribution in [0.4, 0.5) is 0 Å². The predicted octanol–water partition coefficient (Wildman–Crippen LogP) is -0.375. The van der Waals surface area contributed by atoms with Gasteiger partial charge in [0.1, 0.15) is 6.04 Å². The highest BCUT2D eigenvalue weighted by molar-refractivity contribution is 6.01. The molecular weight excluding hydrogens is 234 g/mol. The molecule has 2 unspecified atom stereocenters. The zero-order valence-corrected chi connectivity index (χ0v) is 10.9. The zero-order chi connectivity index (χ0) is 13.7. The van der Waals surface area contributed by atoms with Crippen LogP contribution < -0.4 is 11.1 Å². The van der Waals surface area contributed by atoms with E-state index in [9.17, 15) is 14.4 Å². The molecule has 0 aromatic carbocycles. The van der Waals surface area contributed by atoms with Gasteiger partial charge in [0.25, 0.3) is 5.91 Å². The standard InChI is InChI=1S/C12H21N3O3/c1-3-4-8(7-13)11(17)14-9-5-6-10(16)15(2)12(9)18/h8-9H,3-7,13H2,1-2H3,(H,14,17).